The van der Waals surface area contributed by atoms with Crippen LogP contribution in [0.1, 0.15) is 22.3 Å². The van der Waals surface area contributed by atoms with Gasteiger partial charge in [0.2, 0.25) is 0 Å². The second kappa shape index (κ2) is 7.97. The van der Waals surface area contributed by atoms with E-state index in [4.69, 9.17) is 0 Å². The molecule has 1 heteroatoms. The summed E-state index contributed by atoms with van der Waals surface area (Å²) in [6.07, 6.45) is 0. The van der Waals surface area contributed by atoms with Gasteiger partial charge in [0.05, 0.1) is 5.69 Å². The highest BCUT2D eigenvalue weighted by Gasteiger charge is 2.17. The molecule has 4 rings (SSSR count). The van der Waals surface area contributed by atoms with Crippen molar-refractivity contribution in [2.45, 2.75) is 27.7 Å². The van der Waals surface area contributed by atoms with Crippen LogP contribution in [0.4, 0.5) is 17.1 Å². The number of benzene rings is 4. The highest BCUT2D eigenvalue weighted by atomic mass is 15.1. The van der Waals surface area contributed by atoms with Crippen molar-refractivity contribution in [3.8, 4) is 11.1 Å². The molecular weight excluding hydrogens is 350 g/mol. The molecule has 4 aromatic carbocycles. The Labute approximate surface area is 174 Å². The molecule has 0 amide bonds. The molecule has 0 aromatic heterocycles. The Bertz CT molecular complexity index is 1090. The lowest BCUT2D eigenvalue weighted by molar-refractivity contribution is 1.23. The van der Waals surface area contributed by atoms with Crippen molar-refractivity contribution in [2.24, 2.45) is 0 Å². The molecule has 0 radical (unpaired) electrons. The van der Waals surface area contributed by atoms with Crippen LogP contribution in [0.2, 0.25) is 0 Å². The smallest absolute Gasteiger partial charge is 0.0540 e. The maximum absolute atomic E-state index is 2.38. The largest absolute Gasteiger partial charge is 0.310 e. The number of aryl methyl sites for hydroxylation is 4. The lowest BCUT2D eigenvalue weighted by Crippen LogP contribution is -2.12. The van der Waals surface area contributed by atoms with Gasteiger partial charge in [-0.25, -0.2) is 0 Å². The van der Waals surface area contributed by atoms with Crippen LogP contribution in [0.3, 0.4) is 0 Å². The molecule has 0 saturated heterocycles. The van der Waals surface area contributed by atoms with Crippen molar-refractivity contribution in [3.05, 3.63) is 113 Å². The Balaban J connectivity index is 1.97. The first-order chi connectivity index (χ1) is 14.0. The van der Waals surface area contributed by atoms with Gasteiger partial charge < -0.3 is 4.90 Å². The first-order valence-electron chi connectivity index (χ1n) is 10.1. The fourth-order valence-corrected chi connectivity index (χ4v) is 3.69. The number of anilines is 3. The van der Waals surface area contributed by atoms with Crippen molar-refractivity contribution < 1.29 is 0 Å². The normalized spacial score (nSPS) is 10.8. The van der Waals surface area contributed by atoms with Gasteiger partial charge in [-0.1, -0.05) is 60.7 Å². The molecule has 0 aliphatic heterocycles. The molecule has 29 heavy (non-hydrogen) atoms. The lowest BCUT2D eigenvalue weighted by Gasteiger charge is -2.29. The molecule has 0 aliphatic carbocycles. The molecule has 1 nitrogen and oxygen atoms in total. The van der Waals surface area contributed by atoms with Crippen LogP contribution in [-0.2, 0) is 0 Å². The zero-order valence-electron chi connectivity index (χ0n) is 17.6. The van der Waals surface area contributed by atoms with Crippen molar-refractivity contribution in [1.29, 1.82) is 0 Å². The van der Waals surface area contributed by atoms with Gasteiger partial charge in [-0.05, 0) is 85.8 Å². The topological polar surface area (TPSA) is 3.24 Å². The lowest BCUT2D eigenvalue weighted by atomic mass is 10.0. The molecule has 0 N–H and O–H groups in total. The Morgan fingerprint density at radius 2 is 1.00 bits per heavy atom. The van der Waals surface area contributed by atoms with Crippen LogP contribution in [0.5, 0.6) is 0 Å². The summed E-state index contributed by atoms with van der Waals surface area (Å²) in [6.45, 7) is 8.69. The van der Waals surface area contributed by atoms with E-state index in [1.54, 1.807) is 0 Å². The minimum absolute atomic E-state index is 1.18. The summed E-state index contributed by atoms with van der Waals surface area (Å²) in [5.41, 5.74) is 11.2. The monoisotopic (exact) mass is 377 g/mol. The molecule has 4 aromatic rings. The third kappa shape index (κ3) is 3.82. The third-order valence-electron chi connectivity index (χ3n) is 5.73. The summed E-state index contributed by atoms with van der Waals surface area (Å²) < 4.78 is 0. The van der Waals surface area contributed by atoms with Crippen LogP contribution < -0.4 is 4.90 Å². The van der Waals surface area contributed by atoms with Crippen LogP contribution in [0.25, 0.3) is 11.1 Å². The molecule has 0 bridgehead atoms. The highest BCUT2D eigenvalue weighted by Crippen LogP contribution is 2.41. The van der Waals surface area contributed by atoms with Crippen LogP contribution in [0.15, 0.2) is 91.0 Å². The van der Waals surface area contributed by atoms with Gasteiger partial charge in [0, 0.05) is 16.9 Å². The summed E-state index contributed by atoms with van der Waals surface area (Å²) in [4.78, 5) is 2.38. The number of para-hydroxylation sites is 1. The number of hydrogen-bond acceptors (Lipinski definition) is 1. The first kappa shape index (κ1) is 19.0. The third-order valence-corrected chi connectivity index (χ3v) is 5.73. The maximum atomic E-state index is 2.38. The Kier molecular flexibility index (Phi) is 5.22. The fraction of sp³-hybridized carbons (Fsp3) is 0.143. The highest BCUT2D eigenvalue weighted by molar-refractivity contribution is 5.88. The Morgan fingerprint density at radius 1 is 0.483 bits per heavy atom. The molecule has 0 fully saturated rings. The molecule has 0 atom stereocenters. The van der Waals surface area contributed by atoms with Crippen molar-refractivity contribution in [3.63, 3.8) is 0 Å². The predicted octanol–water partition coefficient (Wildman–Crippen LogP) is 8.06. The van der Waals surface area contributed by atoms with E-state index in [0.29, 0.717) is 0 Å². The molecule has 144 valence electrons. The van der Waals surface area contributed by atoms with Gasteiger partial charge in [0.25, 0.3) is 0 Å². The second-order valence-corrected chi connectivity index (χ2v) is 7.76. The van der Waals surface area contributed by atoms with E-state index in [9.17, 15) is 0 Å². The predicted molar refractivity (Wildman–Crippen MR) is 126 cm³/mol. The number of hydrogen-bond donors (Lipinski definition) is 0. The minimum atomic E-state index is 1.18. The molecular formula is C28H27N. The standard InChI is InChI=1S/C28H27N/c1-20-14-16-25(18-22(20)3)29(26-17-15-21(2)23(4)19-26)28-13-9-8-12-27(28)24-10-6-5-7-11-24/h5-19H,1-4H3. The Morgan fingerprint density at radius 3 is 1.55 bits per heavy atom. The van der Waals surface area contributed by atoms with E-state index < -0.39 is 0 Å². The van der Waals surface area contributed by atoms with E-state index >= 15 is 0 Å². The summed E-state index contributed by atoms with van der Waals surface area (Å²) in [7, 11) is 0. The van der Waals surface area contributed by atoms with Gasteiger partial charge >= 0.3 is 0 Å². The van der Waals surface area contributed by atoms with Gasteiger partial charge in [-0.15, -0.1) is 0 Å². The van der Waals surface area contributed by atoms with Crippen LogP contribution in [-0.4, -0.2) is 0 Å². The van der Waals surface area contributed by atoms with Crippen molar-refractivity contribution in [1.82, 2.24) is 0 Å². The quantitative estimate of drug-likeness (QED) is 0.347. The van der Waals surface area contributed by atoms with E-state index in [1.807, 2.05) is 0 Å². The average molecular weight is 378 g/mol. The zero-order chi connectivity index (χ0) is 20.4. The fourth-order valence-electron chi connectivity index (χ4n) is 3.69. The van der Waals surface area contributed by atoms with E-state index in [0.717, 1.165) is 0 Å². The summed E-state index contributed by atoms with van der Waals surface area (Å²) in [5.74, 6) is 0. The zero-order valence-corrected chi connectivity index (χ0v) is 17.6. The van der Waals surface area contributed by atoms with Crippen LogP contribution >= 0.6 is 0 Å². The van der Waals surface area contributed by atoms with Crippen LogP contribution in [0, 0.1) is 27.7 Å². The van der Waals surface area contributed by atoms with Crippen molar-refractivity contribution >= 4 is 17.1 Å². The summed E-state index contributed by atoms with van der Waals surface area (Å²) in [5, 5.41) is 0. The van der Waals surface area contributed by atoms with Gasteiger partial charge in [-0.2, -0.15) is 0 Å². The molecule has 0 unspecified atom stereocenters. The minimum Gasteiger partial charge on any atom is -0.310 e. The molecule has 0 saturated carbocycles. The van der Waals surface area contributed by atoms with Gasteiger partial charge in [-0.3, -0.25) is 0 Å². The van der Waals surface area contributed by atoms with E-state index in [2.05, 4.69) is 124 Å². The molecule has 0 heterocycles. The van der Waals surface area contributed by atoms with E-state index in [1.165, 1.54) is 50.4 Å². The maximum Gasteiger partial charge on any atom is 0.0540 e. The molecule has 0 aliphatic rings. The van der Waals surface area contributed by atoms with E-state index in [-0.39, 0.29) is 0 Å². The van der Waals surface area contributed by atoms with Gasteiger partial charge in [0.1, 0.15) is 0 Å². The number of rotatable bonds is 4. The summed E-state index contributed by atoms with van der Waals surface area (Å²) in [6, 6.07) is 32.7. The first-order valence-corrected chi connectivity index (χ1v) is 10.1. The summed E-state index contributed by atoms with van der Waals surface area (Å²) >= 11 is 0. The molecule has 0 spiro atoms. The average Bonchev–Trinajstić information content (AvgIpc) is 2.74. The second-order valence-electron chi connectivity index (χ2n) is 7.76. The van der Waals surface area contributed by atoms with Crippen molar-refractivity contribution in [2.75, 3.05) is 4.90 Å². The van der Waals surface area contributed by atoms with Gasteiger partial charge in [0.15, 0.2) is 0 Å². The number of nitrogens with zero attached hydrogens (tertiary/aromatic N) is 1. The Hall–Kier alpha value is -3.32. The SMILES string of the molecule is Cc1ccc(N(c2ccc(C)c(C)c2)c2ccccc2-c2ccccc2)cc1C.